The second-order valence-corrected chi connectivity index (χ2v) is 4.67. The molecule has 0 heterocycles. The van der Waals surface area contributed by atoms with Gasteiger partial charge >= 0.3 is 0 Å². The summed E-state index contributed by atoms with van der Waals surface area (Å²) in [7, 11) is 1.53. The third kappa shape index (κ3) is 3.08. The maximum Gasteiger partial charge on any atom is 0.255 e. The molecule has 0 aliphatic rings. The molecule has 0 spiro atoms. The van der Waals surface area contributed by atoms with Crippen LogP contribution in [-0.4, -0.2) is 13.0 Å². The minimum Gasteiger partial charge on any atom is -0.497 e. The van der Waals surface area contributed by atoms with Crippen molar-refractivity contribution < 1.29 is 13.9 Å². The summed E-state index contributed by atoms with van der Waals surface area (Å²) in [6.45, 7) is 1.60. The summed E-state index contributed by atoms with van der Waals surface area (Å²) in [5.74, 6) is -0.121. The van der Waals surface area contributed by atoms with Gasteiger partial charge in [0.05, 0.1) is 17.8 Å². The van der Waals surface area contributed by atoms with Crippen LogP contribution in [0.15, 0.2) is 36.4 Å². The van der Waals surface area contributed by atoms with Gasteiger partial charge in [-0.2, -0.15) is 0 Å². The standard InChI is InChI=1S/C15H13ClFNO2/c1-9-7-10(3-6-13(9)17)15(19)18-14-8-11(20-2)4-5-12(14)16/h3-8H,1-2H3,(H,18,19). The quantitative estimate of drug-likeness (QED) is 0.927. The highest BCUT2D eigenvalue weighted by atomic mass is 35.5. The van der Waals surface area contributed by atoms with Gasteiger partial charge in [0.25, 0.3) is 5.91 Å². The summed E-state index contributed by atoms with van der Waals surface area (Å²) < 4.78 is 18.3. The van der Waals surface area contributed by atoms with Crippen molar-refractivity contribution in [2.75, 3.05) is 12.4 Å². The third-order valence-corrected chi connectivity index (χ3v) is 3.17. The first-order chi connectivity index (χ1) is 9.51. The van der Waals surface area contributed by atoms with Gasteiger partial charge < -0.3 is 10.1 Å². The predicted octanol–water partition coefficient (Wildman–Crippen LogP) is 4.05. The normalized spacial score (nSPS) is 10.2. The molecule has 0 saturated heterocycles. The molecule has 2 aromatic carbocycles. The van der Waals surface area contributed by atoms with E-state index in [9.17, 15) is 9.18 Å². The average Bonchev–Trinajstić information content (AvgIpc) is 2.44. The lowest BCUT2D eigenvalue weighted by molar-refractivity contribution is 0.102. The number of anilines is 1. The smallest absolute Gasteiger partial charge is 0.255 e. The summed E-state index contributed by atoms with van der Waals surface area (Å²) in [4.78, 5) is 12.1. The zero-order chi connectivity index (χ0) is 14.7. The zero-order valence-corrected chi connectivity index (χ0v) is 11.8. The number of nitrogens with one attached hydrogen (secondary N) is 1. The van der Waals surface area contributed by atoms with Crippen molar-refractivity contribution in [1.29, 1.82) is 0 Å². The molecule has 2 aromatic rings. The van der Waals surface area contributed by atoms with E-state index in [2.05, 4.69) is 5.32 Å². The predicted molar refractivity (Wildman–Crippen MR) is 77.1 cm³/mol. The van der Waals surface area contributed by atoms with Gasteiger partial charge in [0.2, 0.25) is 0 Å². The van der Waals surface area contributed by atoms with Crippen molar-refractivity contribution in [2.24, 2.45) is 0 Å². The number of hydrogen-bond donors (Lipinski definition) is 1. The minimum absolute atomic E-state index is 0.346. The number of carbonyl (C=O) groups is 1. The van der Waals surface area contributed by atoms with Crippen LogP contribution in [0, 0.1) is 12.7 Å². The molecule has 1 N–H and O–H groups in total. The molecule has 0 aromatic heterocycles. The molecule has 20 heavy (non-hydrogen) atoms. The Kier molecular flexibility index (Phi) is 4.25. The van der Waals surface area contributed by atoms with Gasteiger partial charge in [-0.05, 0) is 42.8 Å². The fourth-order valence-electron chi connectivity index (χ4n) is 1.71. The molecule has 1 amide bonds. The highest BCUT2D eigenvalue weighted by Crippen LogP contribution is 2.27. The number of rotatable bonds is 3. The molecule has 0 saturated carbocycles. The lowest BCUT2D eigenvalue weighted by Gasteiger charge is -2.09. The second kappa shape index (κ2) is 5.92. The molecule has 5 heteroatoms. The number of methoxy groups -OCH3 is 1. The van der Waals surface area contributed by atoms with E-state index >= 15 is 0 Å². The van der Waals surface area contributed by atoms with Gasteiger partial charge in [0.15, 0.2) is 0 Å². The highest BCUT2D eigenvalue weighted by molar-refractivity contribution is 6.34. The van der Waals surface area contributed by atoms with E-state index in [-0.39, 0.29) is 11.7 Å². The fraction of sp³-hybridized carbons (Fsp3) is 0.133. The van der Waals surface area contributed by atoms with Crippen LogP contribution in [0.3, 0.4) is 0 Å². The van der Waals surface area contributed by atoms with Crippen molar-refractivity contribution in [1.82, 2.24) is 0 Å². The van der Waals surface area contributed by atoms with Crippen LogP contribution in [0.1, 0.15) is 15.9 Å². The van der Waals surface area contributed by atoms with E-state index in [1.807, 2.05) is 0 Å². The summed E-state index contributed by atoms with van der Waals surface area (Å²) in [6.07, 6.45) is 0. The number of benzene rings is 2. The van der Waals surface area contributed by atoms with E-state index in [1.54, 1.807) is 25.1 Å². The van der Waals surface area contributed by atoms with E-state index in [0.29, 0.717) is 27.6 Å². The Morgan fingerprint density at radius 3 is 2.65 bits per heavy atom. The second-order valence-electron chi connectivity index (χ2n) is 4.26. The molecule has 0 radical (unpaired) electrons. The summed E-state index contributed by atoms with van der Waals surface area (Å²) in [6, 6.07) is 9.12. The van der Waals surface area contributed by atoms with Gasteiger partial charge in [-0.25, -0.2) is 4.39 Å². The van der Waals surface area contributed by atoms with Crippen molar-refractivity contribution >= 4 is 23.2 Å². The van der Waals surface area contributed by atoms with Crippen LogP contribution in [0.2, 0.25) is 5.02 Å². The SMILES string of the molecule is COc1ccc(Cl)c(NC(=O)c2ccc(F)c(C)c2)c1. The molecule has 3 nitrogen and oxygen atoms in total. The Balaban J connectivity index is 2.25. The van der Waals surface area contributed by atoms with Crippen molar-refractivity contribution in [3.8, 4) is 5.75 Å². The molecule has 0 bridgehead atoms. The molecule has 0 fully saturated rings. The Bertz CT molecular complexity index is 658. The van der Waals surface area contributed by atoms with Gasteiger partial charge in [-0.3, -0.25) is 4.79 Å². The number of halogens is 2. The highest BCUT2D eigenvalue weighted by Gasteiger charge is 2.11. The fourth-order valence-corrected chi connectivity index (χ4v) is 1.87. The third-order valence-electron chi connectivity index (χ3n) is 2.84. The topological polar surface area (TPSA) is 38.3 Å². The number of ether oxygens (including phenoxy) is 1. The van der Waals surface area contributed by atoms with Crippen LogP contribution in [-0.2, 0) is 0 Å². The van der Waals surface area contributed by atoms with Crippen molar-refractivity contribution in [3.05, 3.63) is 58.4 Å². The van der Waals surface area contributed by atoms with Crippen molar-refractivity contribution in [2.45, 2.75) is 6.92 Å². The van der Waals surface area contributed by atoms with Crippen molar-refractivity contribution in [3.63, 3.8) is 0 Å². The van der Waals surface area contributed by atoms with Crippen LogP contribution in [0.25, 0.3) is 0 Å². The summed E-state index contributed by atoms with van der Waals surface area (Å²) in [5.41, 5.74) is 1.22. The maximum atomic E-state index is 13.2. The molecule has 0 aliphatic carbocycles. The maximum absolute atomic E-state index is 13.2. The Morgan fingerprint density at radius 1 is 1.25 bits per heavy atom. The molecule has 0 unspecified atom stereocenters. The summed E-state index contributed by atoms with van der Waals surface area (Å²) >= 11 is 6.01. The minimum atomic E-state index is -0.358. The first-order valence-corrected chi connectivity index (χ1v) is 6.30. The largest absolute Gasteiger partial charge is 0.497 e. The Labute approximate surface area is 121 Å². The number of carbonyl (C=O) groups excluding carboxylic acids is 1. The first kappa shape index (κ1) is 14.3. The number of amides is 1. The van der Waals surface area contributed by atoms with Gasteiger partial charge in [0.1, 0.15) is 11.6 Å². The van der Waals surface area contributed by atoms with Gasteiger partial charge in [0, 0.05) is 11.6 Å². The monoisotopic (exact) mass is 293 g/mol. The molecule has 2 rings (SSSR count). The van der Waals surface area contributed by atoms with Crippen LogP contribution >= 0.6 is 11.6 Å². The molecule has 0 atom stereocenters. The van der Waals surface area contributed by atoms with Gasteiger partial charge in [-0.1, -0.05) is 11.6 Å². The van der Waals surface area contributed by atoms with Gasteiger partial charge in [-0.15, -0.1) is 0 Å². The number of aryl methyl sites for hydroxylation is 1. The summed E-state index contributed by atoms with van der Waals surface area (Å²) in [5, 5.41) is 3.08. The molecule has 104 valence electrons. The zero-order valence-electron chi connectivity index (χ0n) is 11.0. The van der Waals surface area contributed by atoms with E-state index < -0.39 is 0 Å². The van der Waals surface area contributed by atoms with Crippen LogP contribution < -0.4 is 10.1 Å². The Morgan fingerprint density at radius 2 is 2.00 bits per heavy atom. The molecular formula is C15H13ClFNO2. The van der Waals surface area contributed by atoms with E-state index in [1.165, 1.54) is 25.3 Å². The molecule has 0 aliphatic heterocycles. The van der Waals surface area contributed by atoms with E-state index in [0.717, 1.165) is 0 Å². The lowest BCUT2D eigenvalue weighted by Crippen LogP contribution is -2.12. The first-order valence-electron chi connectivity index (χ1n) is 5.92. The van der Waals surface area contributed by atoms with Crippen LogP contribution in [0.4, 0.5) is 10.1 Å². The lowest BCUT2D eigenvalue weighted by atomic mass is 10.1. The number of hydrogen-bond acceptors (Lipinski definition) is 2. The van der Waals surface area contributed by atoms with Crippen LogP contribution in [0.5, 0.6) is 5.75 Å². The molecular weight excluding hydrogens is 281 g/mol. The average molecular weight is 294 g/mol. The van der Waals surface area contributed by atoms with E-state index in [4.69, 9.17) is 16.3 Å². The Hall–Kier alpha value is -2.07.